The van der Waals surface area contributed by atoms with E-state index in [1.807, 2.05) is 84.1 Å². The van der Waals surface area contributed by atoms with Crippen molar-refractivity contribution in [3.05, 3.63) is 84.6 Å². The lowest BCUT2D eigenvalue weighted by atomic mass is 10.1. The molecule has 0 spiro atoms. The van der Waals surface area contributed by atoms with Crippen LogP contribution in [0.15, 0.2) is 73.1 Å². The van der Waals surface area contributed by atoms with Crippen LogP contribution in [0.25, 0.3) is 11.1 Å². The van der Waals surface area contributed by atoms with E-state index in [2.05, 4.69) is 20.2 Å². The molecular weight excluding hydrogens is 459 g/mol. The molecule has 36 heavy (non-hydrogen) atoms. The summed E-state index contributed by atoms with van der Waals surface area (Å²) in [4.78, 5) is 25.1. The molecule has 0 saturated carbocycles. The zero-order valence-electron chi connectivity index (χ0n) is 20.2. The number of rotatable bonds is 5. The van der Waals surface area contributed by atoms with Crippen LogP contribution in [0.2, 0.25) is 0 Å². The molecule has 0 unspecified atom stereocenters. The Bertz CT molecular complexity index is 1330. The van der Waals surface area contributed by atoms with Crippen molar-refractivity contribution in [2.24, 2.45) is 7.05 Å². The van der Waals surface area contributed by atoms with E-state index in [0.717, 1.165) is 48.7 Å². The lowest BCUT2D eigenvalue weighted by Crippen LogP contribution is -2.47. The lowest BCUT2D eigenvalue weighted by Gasteiger charge is -2.36. The van der Waals surface area contributed by atoms with Crippen molar-refractivity contribution in [3.8, 4) is 17.0 Å². The number of carbonyl (C=O) groups is 1. The summed E-state index contributed by atoms with van der Waals surface area (Å²) >= 11 is 0. The summed E-state index contributed by atoms with van der Waals surface area (Å²) in [7, 11) is 1.88. The second kappa shape index (κ2) is 10.1. The number of ether oxygens (including phenoxy) is 1. The molecule has 184 valence electrons. The van der Waals surface area contributed by atoms with E-state index in [4.69, 9.17) is 4.74 Å². The number of amides is 1. The Balaban J connectivity index is 1.20. The van der Waals surface area contributed by atoms with E-state index in [9.17, 15) is 9.18 Å². The van der Waals surface area contributed by atoms with Crippen LogP contribution in [0.1, 0.15) is 5.69 Å². The topological polar surface area (TPSA) is 75.5 Å². The summed E-state index contributed by atoms with van der Waals surface area (Å²) in [6.45, 7) is 5.01. The van der Waals surface area contributed by atoms with Crippen molar-refractivity contribution in [2.75, 3.05) is 41.3 Å². The number of carbonyl (C=O) groups excluding carboxylic acids is 1. The van der Waals surface area contributed by atoms with Gasteiger partial charge in [-0.1, -0.05) is 30.3 Å². The van der Waals surface area contributed by atoms with Gasteiger partial charge in [-0.05, 0) is 42.8 Å². The van der Waals surface area contributed by atoms with E-state index in [0.29, 0.717) is 17.5 Å². The fourth-order valence-corrected chi connectivity index (χ4v) is 4.28. The highest BCUT2D eigenvalue weighted by atomic mass is 19.1. The molecule has 2 aromatic carbocycles. The van der Waals surface area contributed by atoms with E-state index < -0.39 is 11.9 Å². The number of hydrogen-bond donors (Lipinski definition) is 1. The minimum atomic E-state index is -0.547. The Hall–Kier alpha value is -4.40. The average molecular weight is 487 g/mol. The number of anilines is 3. The number of hydrogen-bond acceptors (Lipinski definition) is 6. The van der Waals surface area contributed by atoms with Gasteiger partial charge in [0.25, 0.3) is 0 Å². The predicted octanol–water partition coefficient (Wildman–Crippen LogP) is 4.87. The van der Waals surface area contributed by atoms with Crippen LogP contribution < -0.4 is 19.9 Å². The number of piperazine rings is 1. The van der Waals surface area contributed by atoms with E-state index >= 15 is 0 Å². The van der Waals surface area contributed by atoms with Crippen LogP contribution >= 0.6 is 0 Å². The summed E-state index contributed by atoms with van der Waals surface area (Å²) in [6, 6.07) is 19.5. The van der Waals surface area contributed by atoms with Crippen LogP contribution in [0.3, 0.4) is 0 Å². The van der Waals surface area contributed by atoms with E-state index in [1.165, 1.54) is 12.4 Å². The van der Waals surface area contributed by atoms with Crippen LogP contribution in [0.4, 0.5) is 26.5 Å². The standard InChI is InChI=1S/C27H27FN6O2/c1-19-16-24(20-6-4-3-5-7-20)25(32(19)2)36-27(35)31-22-8-10-23(11-9-22)33-12-14-34(15-13-33)26-29-17-21(28)18-30-26/h3-11,16-18H,12-15H2,1-2H3,(H,31,35). The van der Waals surface area contributed by atoms with Gasteiger partial charge in [0.1, 0.15) is 0 Å². The molecule has 8 nitrogen and oxygen atoms in total. The Morgan fingerprint density at radius 2 is 1.58 bits per heavy atom. The molecule has 1 amide bonds. The Kier molecular flexibility index (Phi) is 6.53. The molecule has 1 fully saturated rings. The van der Waals surface area contributed by atoms with Crippen molar-refractivity contribution in [1.82, 2.24) is 14.5 Å². The maximum atomic E-state index is 13.1. The van der Waals surface area contributed by atoms with Crippen molar-refractivity contribution in [2.45, 2.75) is 6.92 Å². The molecule has 5 rings (SSSR count). The largest absolute Gasteiger partial charge is 0.418 e. The molecule has 4 aromatic rings. The molecule has 0 atom stereocenters. The first-order valence-corrected chi connectivity index (χ1v) is 11.8. The van der Waals surface area contributed by atoms with Crippen molar-refractivity contribution < 1.29 is 13.9 Å². The zero-order valence-corrected chi connectivity index (χ0v) is 20.2. The lowest BCUT2D eigenvalue weighted by molar-refractivity contribution is 0.212. The minimum absolute atomic E-state index is 0.439. The Labute approximate surface area is 209 Å². The van der Waals surface area contributed by atoms with Gasteiger partial charge >= 0.3 is 6.09 Å². The van der Waals surface area contributed by atoms with Crippen molar-refractivity contribution >= 4 is 23.4 Å². The van der Waals surface area contributed by atoms with Crippen LogP contribution in [0, 0.1) is 12.7 Å². The molecule has 9 heteroatoms. The third-order valence-electron chi connectivity index (χ3n) is 6.34. The normalized spacial score (nSPS) is 13.5. The molecular formula is C27H27FN6O2. The monoisotopic (exact) mass is 486 g/mol. The molecule has 2 aromatic heterocycles. The van der Waals surface area contributed by atoms with Gasteiger partial charge in [0.15, 0.2) is 5.82 Å². The van der Waals surface area contributed by atoms with Crippen LogP contribution in [-0.2, 0) is 7.05 Å². The summed E-state index contributed by atoms with van der Waals surface area (Å²) in [5.41, 5.74) is 4.55. The van der Waals surface area contributed by atoms with Gasteiger partial charge in [-0.2, -0.15) is 0 Å². The highest BCUT2D eigenvalue weighted by Crippen LogP contribution is 2.33. The SMILES string of the molecule is Cc1cc(-c2ccccc2)c(OC(=O)Nc2ccc(N3CCN(c4ncc(F)cn4)CC3)cc2)n1C. The number of nitrogens with one attached hydrogen (secondary N) is 1. The number of aromatic nitrogens is 3. The molecule has 1 aliphatic heterocycles. The van der Waals surface area contributed by atoms with E-state index in [1.54, 1.807) is 0 Å². The fourth-order valence-electron chi connectivity index (χ4n) is 4.28. The maximum Gasteiger partial charge on any atom is 0.418 e. The van der Waals surface area contributed by atoms with Gasteiger partial charge in [0.2, 0.25) is 11.8 Å². The van der Waals surface area contributed by atoms with Crippen molar-refractivity contribution in [3.63, 3.8) is 0 Å². The van der Waals surface area contributed by atoms with Gasteiger partial charge < -0.3 is 19.1 Å². The molecule has 0 bridgehead atoms. The number of benzene rings is 2. The van der Waals surface area contributed by atoms with Gasteiger partial charge in [-0.15, -0.1) is 0 Å². The third kappa shape index (κ3) is 5.00. The molecule has 0 radical (unpaired) electrons. The van der Waals surface area contributed by atoms with Crippen LogP contribution in [0.5, 0.6) is 5.88 Å². The zero-order chi connectivity index (χ0) is 25.1. The number of aryl methyl sites for hydroxylation is 1. The maximum absolute atomic E-state index is 13.1. The molecule has 0 aliphatic carbocycles. The second-order valence-electron chi connectivity index (χ2n) is 8.67. The van der Waals surface area contributed by atoms with Gasteiger partial charge in [0.05, 0.1) is 12.4 Å². The molecule has 3 heterocycles. The third-order valence-corrected chi connectivity index (χ3v) is 6.34. The van der Waals surface area contributed by atoms with E-state index in [-0.39, 0.29) is 0 Å². The van der Waals surface area contributed by atoms with Crippen LogP contribution in [-0.4, -0.2) is 46.8 Å². The Morgan fingerprint density at radius 3 is 2.25 bits per heavy atom. The van der Waals surface area contributed by atoms with Gasteiger partial charge in [-0.25, -0.2) is 19.2 Å². The molecule has 1 saturated heterocycles. The minimum Gasteiger partial charge on any atom is -0.392 e. The van der Waals surface area contributed by atoms with Crippen molar-refractivity contribution in [1.29, 1.82) is 0 Å². The summed E-state index contributed by atoms with van der Waals surface area (Å²) in [5.74, 6) is 0.596. The highest BCUT2D eigenvalue weighted by molar-refractivity contribution is 5.88. The summed E-state index contributed by atoms with van der Waals surface area (Å²) in [6.07, 6.45) is 1.83. The summed E-state index contributed by atoms with van der Waals surface area (Å²) < 4.78 is 20.7. The first kappa shape index (κ1) is 23.3. The van der Waals surface area contributed by atoms with Gasteiger partial charge in [0, 0.05) is 55.9 Å². The fraction of sp³-hybridized carbons (Fsp3) is 0.222. The first-order chi connectivity index (χ1) is 17.5. The summed E-state index contributed by atoms with van der Waals surface area (Å²) in [5, 5.41) is 2.82. The Morgan fingerprint density at radius 1 is 0.944 bits per heavy atom. The van der Waals surface area contributed by atoms with Gasteiger partial charge in [-0.3, -0.25) is 5.32 Å². The quantitative estimate of drug-likeness (QED) is 0.434. The second-order valence-corrected chi connectivity index (χ2v) is 8.67. The average Bonchev–Trinajstić information content (AvgIpc) is 3.18. The molecule has 1 aliphatic rings. The first-order valence-electron chi connectivity index (χ1n) is 11.8. The number of nitrogens with zero attached hydrogens (tertiary/aromatic N) is 5. The number of halogens is 1. The predicted molar refractivity (Wildman–Crippen MR) is 138 cm³/mol. The smallest absolute Gasteiger partial charge is 0.392 e. The molecule has 1 N–H and O–H groups in total. The highest BCUT2D eigenvalue weighted by Gasteiger charge is 2.20.